The van der Waals surface area contributed by atoms with Gasteiger partial charge in [0.05, 0.1) is 0 Å². The predicted molar refractivity (Wildman–Crippen MR) is 104 cm³/mol. The molecule has 0 nitrogen and oxygen atoms in total. The maximum absolute atomic E-state index is 4.13. The van der Waals surface area contributed by atoms with Crippen LogP contribution in [0.25, 0.3) is 0 Å². The van der Waals surface area contributed by atoms with Crippen molar-refractivity contribution in [2.75, 3.05) is 0 Å². The van der Waals surface area contributed by atoms with Crippen molar-refractivity contribution in [3.63, 3.8) is 0 Å². The van der Waals surface area contributed by atoms with Crippen molar-refractivity contribution in [3.8, 4) is 0 Å². The first-order chi connectivity index (χ1) is 11.4. The molecule has 0 bridgehead atoms. The topological polar surface area (TPSA) is 0 Å². The number of allylic oxidation sites excluding steroid dienone is 1. The maximum atomic E-state index is 4.13. The molecule has 0 radical (unpaired) electrons. The van der Waals surface area contributed by atoms with E-state index in [9.17, 15) is 0 Å². The van der Waals surface area contributed by atoms with Gasteiger partial charge in [-0.05, 0) is 104 Å². The standard InChI is InChI=1S/C24H40/c1-6-17(3)20-9-10-21-19-8-7-18-15-16(2)11-13-23(18,4)22(19)12-14-24(20,21)5/h6,16-22H,1,7-15H2,2-5H3. The number of fused-ring (bicyclic) bond motifs is 5. The smallest absolute Gasteiger partial charge is 0.0231 e. The van der Waals surface area contributed by atoms with E-state index in [2.05, 4.69) is 40.3 Å². The SMILES string of the molecule is C=CC(C)C1CCC2C3CCC4CC(C)CCC4(C)C3CCC12C. The molecule has 0 aliphatic heterocycles. The Balaban J connectivity index is 1.60. The first-order valence-electron chi connectivity index (χ1n) is 11.0. The average Bonchev–Trinajstić information content (AvgIpc) is 2.92. The van der Waals surface area contributed by atoms with Crippen LogP contribution in [0, 0.1) is 52.3 Å². The molecule has 4 aliphatic rings. The molecule has 136 valence electrons. The lowest BCUT2D eigenvalue weighted by molar-refractivity contribution is -0.118. The van der Waals surface area contributed by atoms with Crippen molar-refractivity contribution in [3.05, 3.63) is 12.7 Å². The second kappa shape index (κ2) is 5.88. The summed E-state index contributed by atoms with van der Waals surface area (Å²) in [6, 6.07) is 0. The lowest BCUT2D eigenvalue weighted by atomic mass is 9.44. The largest absolute Gasteiger partial charge is 0.103 e. The van der Waals surface area contributed by atoms with Gasteiger partial charge in [-0.2, -0.15) is 0 Å². The highest BCUT2D eigenvalue weighted by Crippen LogP contribution is 2.68. The Labute approximate surface area is 150 Å². The zero-order valence-electron chi connectivity index (χ0n) is 16.7. The lowest BCUT2D eigenvalue weighted by Crippen LogP contribution is -2.53. The van der Waals surface area contributed by atoms with Gasteiger partial charge in [-0.1, -0.05) is 40.2 Å². The Hall–Kier alpha value is -0.260. The summed E-state index contributed by atoms with van der Waals surface area (Å²) in [6.45, 7) is 14.4. The van der Waals surface area contributed by atoms with Crippen LogP contribution in [-0.4, -0.2) is 0 Å². The number of rotatable bonds is 2. The molecule has 0 N–H and O–H groups in total. The minimum absolute atomic E-state index is 0.611. The summed E-state index contributed by atoms with van der Waals surface area (Å²) in [5.74, 6) is 6.73. The fraction of sp³-hybridized carbons (Fsp3) is 0.917. The summed E-state index contributed by atoms with van der Waals surface area (Å²) in [5, 5.41) is 0. The van der Waals surface area contributed by atoms with Crippen molar-refractivity contribution in [2.24, 2.45) is 52.3 Å². The van der Waals surface area contributed by atoms with Crippen LogP contribution in [0.3, 0.4) is 0 Å². The minimum Gasteiger partial charge on any atom is -0.103 e. The summed E-state index contributed by atoms with van der Waals surface area (Å²) in [6.07, 6.45) is 15.9. The number of hydrogen-bond donors (Lipinski definition) is 0. The van der Waals surface area contributed by atoms with Gasteiger partial charge in [0.15, 0.2) is 0 Å². The molecule has 9 atom stereocenters. The monoisotopic (exact) mass is 328 g/mol. The van der Waals surface area contributed by atoms with E-state index in [1.54, 1.807) is 6.42 Å². The van der Waals surface area contributed by atoms with Crippen molar-refractivity contribution in [2.45, 2.75) is 85.5 Å². The second-order valence-electron chi connectivity index (χ2n) is 10.9. The normalized spacial score (nSPS) is 55.2. The molecule has 4 rings (SSSR count). The van der Waals surface area contributed by atoms with E-state index in [0.717, 1.165) is 35.5 Å². The third-order valence-electron chi connectivity index (χ3n) is 10.0. The van der Waals surface area contributed by atoms with Crippen LogP contribution in [0.2, 0.25) is 0 Å². The summed E-state index contributed by atoms with van der Waals surface area (Å²) in [7, 11) is 0. The van der Waals surface area contributed by atoms with Gasteiger partial charge in [0, 0.05) is 0 Å². The Bertz CT molecular complexity index is 492. The van der Waals surface area contributed by atoms with Gasteiger partial charge >= 0.3 is 0 Å². The lowest BCUT2D eigenvalue weighted by Gasteiger charge is -2.61. The van der Waals surface area contributed by atoms with Gasteiger partial charge in [-0.15, -0.1) is 6.58 Å². The Morgan fingerprint density at radius 3 is 2.38 bits per heavy atom. The summed E-state index contributed by atoms with van der Waals surface area (Å²) in [4.78, 5) is 0. The van der Waals surface area contributed by atoms with Gasteiger partial charge in [0.2, 0.25) is 0 Å². The molecule has 4 fully saturated rings. The molecule has 24 heavy (non-hydrogen) atoms. The fourth-order valence-corrected chi connectivity index (χ4v) is 8.54. The van der Waals surface area contributed by atoms with Crippen LogP contribution in [0.15, 0.2) is 12.7 Å². The van der Waals surface area contributed by atoms with Crippen LogP contribution < -0.4 is 0 Å². The number of hydrogen-bond acceptors (Lipinski definition) is 0. The quantitative estimate of drug-likeness (QED) is 0.474. The summed E-state index contributed by atoms with van der Waals surface area (Å²) >= 11 is 0. The van der Waals surface area contributed by atoms with Gasteiger partial charge in [0.25, 0.3) is 0 Å². The third kappa shape index (κ3) is 2.30. The van der Waals surface area contributed by atoms with Crippen LogP contribution >= 0.6 is 0 Å². The highest BCUT2D eigenvalue weighted by atomic mass is 14.6. The van der Waals surface area contributed by atoms with Crippen LogP contribution in [0.1, 0.15) is 85.5 Å². The van der Waals surface area contributed by atoms with E-state index in [-0.39, 0.29) is 0 Å². The second-order valence-corrected chi connectivity index (χ2v) is 10.9. The average molecular weight is 329 g/mol. The molecule has 0 heteroatoms. The molecule has 0 aromatic heterocycles. The van der Waals surface area contributed by atoms with Gasteiger partial charge < -0.3 is 0 Å². The zero-order chi connectivity index (χ0) is 17.1. The van der Waals surface area contributed by atoms with E-state index in [4.69, 9.17) is 0 Å². The summed E-state index contributed by atoms with van der Waals surface area (Å²) in [5.41, 5.74) is 1.29. The molecule has 0 amide bonds. The third-order valence-corrected chi connectivity index (χ3v) is 10.0. The van der Waals surface area contributed by atoms with Gasteiger partial charge in [-0.3, -0.25) is 0 Å². The molecular formula is C24H40. The van der Waals surface area contributed by atoms with E-state index in [1.807, 2.05) is 0 Å². The molecule has 4 saturated carbocycles. The van der Waals surface area contributed by atoms with E-state index >= 15 is 0 Å². The van der Waals surface area contributed by atoms with Crippen LogP contribution in [0.5, 0.6) is 0 Å². The van der Waals surface area contributed by atoms with Crippen molar-refractivity contribution >= 4 is 0 Å². The van der Waals surface area contributed by atoms with E-state index in [1.165, 1.54) is 51.4 Å². The van der Waals surface area contributed by atoms with E-state index < -0.39 is 0 Å². The fourth-order valence-electron chi connectivity index (χ4n) is 8.54. The minimum atomic E-state index is 0.611. The summed E-state index contributed by atoms with van der Waals surface area (Å²) < 4.78 is 0. The first kappa shape index (κ1) is 17.2. The highest BCUT2D eigenvalue weighted by molar-refractivity contribution is 5.10. The molecule has 0 aromatic carbocycles. The molecule has 0 aromatic rings. The van der Waals surface area contributed by atoms with Crippen molar-refractivity contribution in [1.82, 2.24) is 0 Å². The molecule has 0 heterocycles. The predicted octanol–water partition coefficient (Wildman–Crippen LogP) is 7.10. The van der Waals surface area contributed by atoms with Crippen molar-refractivity contribution in [1.29, 1.82) is 0 Å². The maximum Gasteiger partial charge on any atom is -0.0231 e. The van der Waals surface area contributed by atoms with Crippen LogP contribution in [0.4, 0.5) is 0 Å². The molecular weight excluding hydrogens is 288 g/mol. The molecule has 9 unspecified atom stereocenters. The van der Waals surface area contributed by atoms with Gasteiger partial charge in [-0.25, -0.2) is 0 Å². The van der Waals surface area contributed by atoms with Gasteiger partial charge in [0.1, 0.15) is 0 Å². The van der Waals surface area contributed by atoms with Crippen molar-refractivity contribution < 1.29 is 0 Å². The Kier molecular flexibility index (Phi) is 4.21. The Morgan fingerprint density at radius 1 is 0.917 bits per heavy atom. The highest BCUT2D eigenvalue weighted by Gasteiger charge is 2.60. The molecule has 0 saturated heterocycles. The zero-order valence-corrected chi connectivity index (χ0v) is 16.7. The Morgan fingerprint density at radius 2 is 1.62 bits per heavy atom. The molecule has 0 spiro atoms. The van der Waals surface area contributed by atoms with E-state index in [0.29, 0.717) is 16.7 Å². The first-order valence-corrected chi connectivity index (χ1v) is 11.0. The van der Waals surface area contributed by atoms with Crippen LogP contribution in [-0.2, 0) is 0 Å². The molecule has 4 aliphatic carbocycles.